The second kappa shape index (κ2) is 3.83. The predicted octanol–water partition coefficient (Wildman–Crippen LogP) is 3.21. The molecule has 0 aliphatic heterocycles. The van der Waals surface area contributed by atoms with Crippen molar-refractivity contribution in [2.75, 3.05) is 0 Å². The fraction of sp³-hybridized carbons (Fsp3) is 0.222. The number of hydrogen-bond acceptors (Lipinski definition) is 1. The summed E-state index contributed by atoms with van der Waals surface area (Å²) in [4.78, 5) is 11.1. The van der Waals surface area contributed by atoms with Gasteiger partial charge in [0.15, 0.2) is 5.78 Å². The van der Waals surface area contributed by atoms with E-state index >= 15 is 0 Å². The SMILES string of the molecule is CCC(=O)c1c(F)ccc(F)c1Cl. The van der Waals surface area contributed by atoms with Gasteiger partial charge in [0.05, 0.1) is 10.6 Å². The molecule has 1 aromatic rings. The second-order valence-corrected chi connectivity index (χ2v) is 2.87. The lowest BCUT2D eigenvalue weighted by Crippen LogP contribution is -2.03. The van der Waals surface area contributed by atoms with E-state index in [2.05, 4.69) is 0 Å². The number of carbonyl (C=O) groups excluding carboxylic acids is 1. The van der Waals surface area contributed by atoms with Gasteiger partial charge in [-0.1, -0.05) is 18.5 Å². The van der Waals surface area contributed by atoms with Crippen molar-refractivity contribution in [3.05, 3.63) is 34.4 Å². The standard InChI is InChI=1S/C9H7ClF2O/c1-2-7(13)8-5(11)3-4-6(12)9(8)10/h3-4H,2H2,1H3. The first-order valence-corrected chi connectivity index (χ1v) is 4.12. The van der Waals surface area contributed by atoms with Gasteiger partial charge in [-0.3, -0.25) is 4.79 Å². The lowest BCUT2D eigenvalue weighted by atomic mass is 10.1. The van der Waals surface area contributed by atoms with Gasteiger partial charge in [0, 0.05) is 6.42 Å². The van der Waals surface area contributed by atoms with Crippen LogP contribution in [0.1, 0.15) is 23.7 Å². The summed E-state index contributed by atoms with van der Waals surface area (Å²) >= 11 is 5.44. The van der Waals surface area contributed by atoms with Gasteiger partial charge in [0.2, 0.25) is 0 Å². The summed E-state index contributed by atoms with van der Waals surface area (Å²) in [6, 6.07) is 1.79. The van der Waals surface area contributed by atoms with E-state index in [9.17, 15) is 13.6 Å². The molecule has 0 radical (unpaired) electrons. The van der Waals surface area contributed by atoms with Crippen molar-refractivity contribution in [1.29, 1.82) is 0 Å². The van der Waals surface area contributed by atoms with E-state index in [-0.39, 0.29) is 12.0 Å². The van der Waals surface area contributed by atoms with E-state index in [0.717, 1.165) is 12.1 Å². The Hall–Kier alpha value is -0.960. The molecule has 0 saturated heterocycles. The van der Waals surface area contributed by atoms with Crippen LogP contribution >= 0.6 is 11.6 Å². The van der Waals surface area contributed by atoms with Crippen molar-refractivity contribution in [3.8, 4) is 0 Å². The fourth-order valence-electron chi connectivity index (χ4n) is 0.959. The molecule has 0 unspecified atom stereocenters. The molecule has 70 valence electrons. The zero-order valence-electron chi connectivity index (χ0n) is 6.90. The Morgan fingerprint density at radius 3 is 2.46 bits per heavy atom. The summed E-state index contributed by atoms with van der Waals surface area (Å²) in [5.41, 5.74) is -0.357. The number of halogens is 3. The molecule has 0 fully saturated rings. The molecule has 0 aromatic heterocycles. The summed E-state index contributed by atoms with van der Waals surface area (Å²) < 4.78 is 25.8. The fourth-order valence-corrected chi connectivity index (χ4v) is 1.22. The summed E-state index contributed by atoms with van der Waals surface area (Å²) in [6.07, 6.45) is 0.0973. The number of ketones is 1. The molecule has 0 aliphatic rings. The first-order valence-electron chi connectivity index (χ1n) is 3.74. The first kappa shape index (κ1) is 10.1. The van der Waals surface area contributed by atoms with E-state index < -0.39 is 22.4 Å². The van der Waals surface area contributed by atoms with Crippen LogP contribution in [0.2, 0.25) is 5.02 Å². The third kappa shape index (κ3) is 1.86. The summed E-state index contributed by atoms with van der Waals surface area (Å²) in [7, 11) is 0. The van der Waals surface area contributed by atoms with Crippen LogP contribution < -0.4 is 0 Å². The zero-order valence-corrected chi connectivity index (χ0v) is 7.66. The topological polar surface area (TPSA) is 17.1 Å². The van der Waals surface area contributed by atoms with Gasteiger partial charge in [-0.15, -0.1) is 0 Å². The molecule has 13 heavy (non-hydrogen) atoms. The molecule has 0 spiro atoms. The van der Waals surface area contributed by atoms with Gasteiger partial charge in [-0.2, -0.15) is 0 Å². The molecule has 0 atom stereocenters. The van der Waals surface area contributed by atoms with Crippen molar-refractivity contribution >= 4 is 17.4 Å². The average Bonchev–Trinajstić information content (AvgIpc) is 2.12. The van der Waals surface area contributed by atoms with E-state index in [1.807, 2.05) is 0 Å². The molecule has 4 heteroatoms. The number of rotatable bonds is 2. The highest BCUT2D eigenvalue weighted by Crippen LogP contribution is 2.23. The van der Waals surface area contributed by atoms with Gasteiger partial charge >= 0.3 is 0 Å². The molecule has 0 bridgehead atoms. The van der Waals surface area contributed by atoms with Crippen LogP contribution in [0.3, 0.4) is 0 Å². The minimum absolute atomic E-state index is 0.0973. The van der Waals surface area contributed by atoms with Crippen LogP contribution in [0.25, 0.3) is 0 Å². The molecule has 0 N–H and O–H groups in total. The molecular formula is C9H7ClF2O. The van der Waals surface area contributed by atoms with E-state index in [1.54, 1.807) is 6.92 Å². The minimum Gasteiger partial charge on any atom is -0.294 e. The largest absolute Gasteiger partial charge is 0.294 e. The maximum atomic E-state index is 13.0. The van der Waals surface area contributed by atoms with E-state index in [4.69, 9.17) is 11.6 Å². The van der Waals surface area contributed by atoms with Gasteiger partial charge in [0.25, 0.3) is 0 Å². The Balaban J connectivity index is 3.33. The van der Waals surface area contributed by atoms with E-state index in [0.29, 0.717) is 0 Å². The van der Waals surface area contributed by atoms with Gasteiger partial charge in [-0.25, -0.2) is 8.78 Å². The van der Waals surface area contributed by atoms with Crippen molar-refractivity contribution in [1.82, 2.24) is 0 Å². The molecule has 0 saturated carbocycles. The highest BCUT2D eigenvalue weighted by Gasteiger charge is 2.17. The first-order chi connectivity index (χ1) is 6.07. The average molecular weight is 205 g/mol. The normalized spacial score (nSPS) is 10.2. The lowest BCUT2D eigenvalue weighted by Gasteiger charge is -2.03. The second-order valence-electron chi connectivity index (χ2n) is 2.49. The Morgan fingerprint density at radius 2 is 1.92 bits per heavy atom. The van der Waals surface area contributed by atoms with Crippen LogP contribution in [0.15, 0.2) is 12.1 Å². The molecule has 0 heterocycles. The highest BCUT2D eigenvalue weighted by atomic mass is 35.5. The van der Waals surface area contributed by atoms with E-state index in [1.165, 1.54) is 0 Å². The quantitative estimate of drug-likeness (QED) is 0.534. The number of benzene rings is 1. The van der Waals surface area contributed by atoms with Crippen LogP contribution in [0, 0.1) is 11.6 Å². The predicted molar refractivity (Wildman–Crippen MR) is 46.0 cm³/mol. The van der Waals surface area contributed by atoms with Crippen LogP contribution in [-0.4, -0.2) is 5.78 Å². The smallest absolute Gasteiger partial charge is 0.167 e. The molecule has 0 aliphatic carbocycles. The van der Waals surface area contributed by atoms with Crippen LogP contribution in [0.4, 0.5) is 8.78 Å². The maximum Gasteiger partial charge on any atom is 0.167 e. The van der Waals surface area contributed by atoms with Gasteiger partial charge < -0.3 is 0 Å². The van der Waals surface area contributed by atoms with Crippen molar-refractivity contribution in [2.45, 2.75) is 13.3 Å². The summed E-state index contributed by atoms with van der Waals surface area (Å²) in [6.45, 7) is 1.56. The Kier molecular flexibility index (Phi) is 2.98. The van der Waals surface area contributed by atoms with Crippen molar-refractivity contribution < 1.29 is 13.6 Å². The Bertz CT molecular complexity index is 350. The van der Waals surface area contributed by atoms with Crippen LogP contribution in [0.5, 0.6) is 0 Å². The number of hydrogen-bond donors (Lipinski definition) is 0. The lowest BCUT2D eigenvalue weighted by molar-refractivity contribution is 0.0984. The Morgan fingerprint density at radius 1 is 1.38 bits per heavy atom. The number of Topliss-reactive ketones (excluding diaryl/α,β-unsaturated/α-hetero) is 1. The third-order valence-corrected chi connectivity index (χ3v) is 2.01. The van der Waals surface area contributed by atoms with Gasteiger partial charge in [-0.05, 0) is 12.1 Å². The molecule has 1 rings (SSSR count). The zero-order chi connectivity index (χ0) is 10.0. The number of carbonyl (C=O) groups is 1. The monoisotopic (exact) mass is 204 g/mol. The molecular weight excluding hydrogens is 198 g/mol. The molecule has 0 amide bonds. The summed E-state index contributed by atoms with van der Waals surface area (Å²) in [5, 5.41) is -0.438. The minimum atomic E-state index is -0.779. The summed E-state index contributed by atoms with van der Waals surface area (Å²) in [5.74, 6) is -2.06. The molecule has 1 nitrogen and oxygen atoms in total. The van der Waals surface area contributed by atoms with Gasteiger partial charge in [0.1, 0.15) is 11.6 Å². The molecule has 1 aromatic carbocycles. The Labute approximate surface area is 79.3 Å². The van der Waals surface area contributed by atoms with Crippen molar-refractivity contribution in [3.63, 3.8) is 0 Å². The van der Waals surface area contributed by atoms with Crippen LogP contribution in [-0.2, 0) is 0 Å². The maximum absolute atomic E-state index is 13.0. The van der Waals surface area contributed by atoms with Crippen molar-refractivity contribution in [2.24, 2.45) is 0 Å². The highest BCUT2D eigenvalue weighted by molar-refractivity contribution is 6.34. The third-order valence-electron chi connectivity index (χ3n) is 1.64.